The van der Waals surface area contributed by atoms with Gasteiger partial charge in [-0.05, 0) is 42.2 Å². The number of ketones is 1. The minimum Gasteiger partial charge on any atom is -0.497 e. The van der Waals surface area contributed by atoms with Gasteiger partial charge in [-0.1, -0.05) is 56.8 Å². The zero-order valence-electron chi connectivity index (χ0n) is 16.7. The zero-order valence-corrected chi connectivity index (χ0v) is 17.5. The van der Waals surface area contributed by atoms with E-state index in [4.69, 9.17) is 9.15 Å². The molecule has 1 heterocycles. The molecule has 0 amide bonds. The lowest BCUT2D eigenvalue weighted by atomic mass is 9.86. The summed E-state index contributed by atoms with van der Waals surface area (Å²) < 4.78 is 10.9. The summed E-state index contributed by atoms with van der Waals surface area (Å²) in [5.74, 6) is 1.21. The summed E-state index contributed by atoms with van der Waals surface area (Å²) in [6.07, 6.45) is 0. The van der Waals surface area contributed by atoms with Crippen LogP contribution in [0.5, 0.6) is 5.75 Å². The van der Waals surface area contributed by atoms with Gasteiger partial charge in [-0.3, -0.25) is 4.79 Å². The van der Waals surface area contributed by atoms with E-state index in [2.05, 4.69) is 31.0 Å². The van der Waals surface area contributed by atoms with Crippen molar-refractivity contribution in [2.45, 2.75) is 43.6 Å². The molecule has 0 aliphatic carbocycles. The van der Waals surface area contributed by atoms with Crippen molar-refractivity contribution < 1.29 is 13.9 Å². The number of nitrogens with zero attached hydrogens (tertiary/aromatic N) is 2. The first-order chi connectivity index (χ1) is 13.3. The van der Waals surface area contributed by atoms with E-state index in [1.807, 2.05) is 55.5 Å². The summed E-state index contributed by atoms with van der Waals surface area (Å²) in [5.41, 5.74) is 2.74. The van der Waals surface area contributed by atoms with Crippen molar-refractivity contribution in [2.24, 2.45) is 0 Å². The fourth-order valence-corrected chi connectivity index (χ4v) is 3.44. The lowest BCUT2D eigenvalue weighted by molar-refractivity contribution is 0.0993. The van der Waals surface area contributed by atoms with Crippen LogP contribution in [0.2, 0.25) is 0 Å². The molecule has 0 aliphatic rings. The molecule has 0 bridgehead atoms. The van der Waals surface area contributed by atoms with E-state index in [1.165, 1.54) is 17.3 Å². The van der Waals surface area contributed by atoms with Crippen LogP contribution >= 0.6 is 11.8 Å². The van der Waals surface area contributed by atoms with Crippen molar-refractivity contribution in [3.63, 3.8) is 0 Å². The van der Waals surface area contributed by atoms with Crippen LogP contribution in [0, 0.1) is 0 Å². The van der Waals surface area contributed by atoms with Crippen LogP contribution in [-0.4, -0.2) is 28.3 Å². The Balaban J connectivity index is 1.68. The van der Waals surface area contributed by atoms with Gasteiger partial charge in [0.2, 0.25) is 5.89 Å². The van der Waals surface area contributed by atoms with Gasteiger partial charge in [-0.2, -0.15) is 0 Å². The molecule has 2 aromatic carbocycles. The number of ether oxygens (including phenoxy) is 1. The Hall–Kier alpha value is -2.60. The molecular weight excluding hydrogens is 372 g/mol. The van der Waals surface area contributed by atoms with E-state index in [-0.39, 0.29) is 16.4 Å². The normalized spacial score (nSPS) is 12.6. The standard InChI is InChI=1S/C22H24N2O3S/c1-14(19(25)15-6-10-17(11-7-15)22(2,3)4)28-21-24-23-20(27-21)16-8-12-18(26-5)13-9-16/h6-14H,1-5H3/t14-/m0/s1. The number of hydrogen-bond acceptors (Lipinski definition) is 6. The van der Waals surface area contributed by atoms with E-state index in [0.29, 0.717) is 16.7 Å². The molecule has 3 rings (SSSR count). The molecule has 3 aromatic rings. The summed E-state index contributed by atoms with van der Waals surface area (Å²) in [7, 11) is 1.62. The Bertz CT molecular complexity index is 941. The lowest BCUT2D eigenvalue weighted by Crippen LogP contribution is -2.15. The third-order valence-corrected chi connectivity index (χ3v) is 5.36. The summed E-state index contributed by atoms with van der Waals surface area (Å²) >= 11 is 1.26. The van der Waals surface area contributed by atoms with Gasteiger partial charge in [0, 0.05) is 11.1 Å². The highest BCUT2D eigenvalue weighted by atomic mass is 32.2. The number of hydrogen-bond donors (Lipinski definition) is 0. The largest absolute Gasteiger partial charge is 0.497 e. The fourth-order valence-electron chi connectivity index (χ4n) is 2.68. The lowest BCUT2D eigenvalue weighted by Gasteiger charge is -2.19. The van der Waals surface area contributed by atoms with Crippen molar-refractivity contribution in [3.05, 3.63) is 59.7 Å². The summed E-state index contributed by atoms with van der Waals surface area (Å²) in [5, 5.41) is 8.18. The third-order valence-electron chi connectivity index (χ3n) is 4.43. The molecule has 0 saturated heterocycles. The maximum absolute atomic E-state index is 12.7. The first-order valence-corrected chi connectivity index (χ1v) is 9.95. The molecule has 0 spiro atoms. The smallest absolute Gasteiger partial charge is 0.277 e. The molecule has 0 aliphatic heterocycles. The summed E-state index contributed by atoms with van der Waals surface area (Å²) in [6.45, 7) is 8.30. The number of thioether (sulfide) groups is 1. The van der Waals surface area contributed by atoms with Crippen LogP contribution in [0.1, 0.15) is 43.6 Å². The van der Waals surface area contributed by atoms with Crippen LogP contribution in [0.4, 0.5) is 0 Å². The van der Waals surface area contributed by atoms with Gasteiger partial charge in [0.1, 0.15) is 5.75 Å². The van der Waals surface area contributed by atoms with E-state index in [1.54, 1.807) is 7.11 Å². The highest BCUT2D eigenvalue weighted by Crippen LogP contribution is 2.29. The van der Waals surface area contributed by atoms with E-state index in [9.17, 15) is 4.79 Å². The number of methoxy groups -OCH3 is 1. The number of carbonyl (C=O) groups excluding carboxylic acids is 1. The van der Waals surface area contributed by atoms with Gasteiger partial charge >= 0.3 is 0 Å². The zero-order chi connectivity index (χ0) is 20.3. The molecular formula is C22H24N2O3S. The van der Waals surface area contributed by atoms with Gasteiger partial charge in [-0.25, -0.2) is 0 Å². The third kappa shape index (κ3) is 4.62. The topological polar surface area (TPSA) is 65.2 Å². The van der Waals surface area contributed by atoms with Crippen molar-refractivity contribution in [1.82, 2.24) is 10.2 Å². The van der Waals surface area contributed by atoms with Gasteiger partial charge in [0.25, 0.3) is 5.22 Å². The van der Waals surface area contributed by atoms with Crippen LogP contribution in [0.15, 0.2) is 58.2 Å². The Morgan fingerprint density at radius 1 is 1.04 bits per heavy atom. The summed E-state index contributed by atoms with van der Waals surface area (Å²) in [6, 6.07) is 15.2. The maximum atomic E-state index is 12.7. The van der Waals surface area contributed by atoms with E-state index in [0.717, 1.165) is 11.3 Å². The Morgan fingerprint density at radius 2 is 1.68 bits per heavy atom. The molecule has 1 atom stereocenters. The molecule has 6 heteroatoms. The van der Waals surface area contributed by atoms with Gasteiger partial charge in [0.05, 0.1) is 12.4 Å². The molecule has 146 valence electrons. The quantitative estimate of drug-likeness (QED) is 0.410. The Morgan fingerprint density at radius 3 is 2.25 bits per heavy atom. The van der Waals surface area contributed by atoms with Crippen molar-refractivity contribution in [3.8, 4) is 17.2 Å². The van der Waals surface area contributed by atoms with E-state index >= 15 is 0 Å². The minimum absolute atomic E-state index is 0.0367. The number of rotatable bonds is 6. The molecule has 0 radical (unpaired) electrons. The first-order valence-electron chi connectivity index (χ1n) is 9.07. The highest BCUT2D eigenvalue weighted by molar-refractivity contribution is 8.00. The van der Waals surface area contributed by atoms with Crippen molar-refractivity contribution in [1.29, 1.82) is 0 Å². The number of aromatic nitrogens is 2. The summed E-state index contributed by atoms with van der Waals surface area (Å²) in [4.78, 5) is 12.7. The van der Waals surface area contributed by atoms with Crippen LogP contribution < -0.4 is 4.74 Å². The SMILES string of the molecule is COc1ccc(-c2nnc(S[C@@H](C)C(=O)c3ccc(C(C)(C)C)cc3)o2)cc1. The fraction of sp³-hybridized carbons (Fsp3) is 0.318. The predicted octanol–water partition coefficient (Wildman–Crippen LogP) is 5.41. The molecule has 28 heavy (non-hydrogen) atoms. The first kappa shape index (κ1) is 20.1. The van der Waals surface area contributed by atoms with Crippen LogP contribution in [-0.2, 0) is 5.41 Å². The second-order valence-corrected chi connectivity index (χ2v) is 8.85. The van der Waals surface area contributed by atoms with E-state index < -0.39 is 0 Å². The average Bonchev–Trinajstić information content (AvgIpc) is 3.15. The number of Topliss-reactive ketones (excluding diaryl/α,β-unsaturated/α-hetero) is 1. The average molecular weight is 397 g/mol. The van der Waals surface area contributed by atoms with Gasteiger partial charge in [0.15, 0.2) is 5.78 Å². The number of benzene rings is 2. The minimum atomic E-state index is -0.329. The molecule has 1 aromatic heterocycles. The Labute approximate surface area is 169 Å². The van der Waals surface area contributed by atoms with Crippen LogP contribution in [0.3, 0.4) is 0 Å². The molecule has 0 fully saturated rings. The Kier molecular flexibility index (Phi) is 5.89. The van der Waals surface area contributed by atoms with Crippen molar-refractivity contribution >= 4 is 17.5 Å². The molecule has 0 unspecified atom stereocenters. The predicted molar refractivity (Wildman–Crippen MR) is 111 cm³/mol. The van der Waals surface area contributed by atoms with Gasteiger partial charge in [-0.15, -0.1) is 10.2 Å². The molecule has 0 saturated carbocycles. The van der Waals surface area contributed by atoms with Crippen molar-refractivity contribution in [2.75, 3.05) is 7.11 Å². The second kappa shape index (κ2) is 8.19. The maximum Gasteiger partial charge on any atom is 0.277 e. The van der Waals surface area contributed by atoms with Crippen LogP contribution in [0.25, 0.3) is 11.5 Å². The number of carbonyl (C=O) groups is 1. The second-order valence-electron chi connectivity index (χ2n) is 7.55. The molecule has 0 N–H and O–H groups in total. The van der Waals surface area contributed by atoms with Gasteiger partial charge < -0.3 is 9.15 Å². The highest BCUT2D eigenvalue weighted by Gasteiger charge is 2.21. The molecule has 5 nitrogen and oxygen atoms in total. The monoisotopic (exact) mass is 396 g/mol.